The number of hydrogen-bond donors (Lipinski definition) is 2. The quantitative estimate of drug-likeness (QED) is 0.903. The van der Waals surface area contributed by atoms with E-state index in [0.717, 1.165) is 5.56 Å². The fraction of sp³-hybridized carbons (Fsp3) is 0.143. The largest absolute Gasteiger partial charge is 0.337 e. The molecule has 4 nitrogen and oxygen atoms in total. The van der Waals surface area contributed by atoms with Crippen molar-refractivity contribution in [3.63, 3.8) is 0 Å². The number of nitrogens with zero attached hydrogens (tertiary/aromatic N) is 1. The summed E-state index contributed by atoms with van der Waals surface area (Å²) in [5.41, 5.74) is 0.996. The minimum absolute atomic E-state index is 0.327. The number of rotatable bonds is 4. The fourth-order valence-electron chi connectivity index (χ4n) is 1.65. The lowest BCUT2D eigenvalue weighted by atomic mass is 10.1. The first-order chi connectivity index (χ1) is 9.65. The van der Waals surface area contributed by atoms with Gasteiger partial charge in [-0.05, 0) is 30.2 Å². The zero-order valence-electron chi connectivity index (χ0n) is 10.6. The maximum absolute atomic E-state index is 11.7. The second kappa shape index (κ2) is 7.12. The summed E-state index contributed by atoms with van der Waals surface area (Å²) in [5.74, 6) is 0.410. The third-order valence-corrected chi connectivity index (χ3v) is 3.21. The SMILES string of the molecule is O=C(NCCc1ccccc1Cl)Nc1cc(Cl)ccn1. The van der Waals surface area contributed by atoms with Gasteiger partial charge in [-0.15, -0.1) is 0 Å². The molecule has 0 aliphatic heterocycles. The molecule has 0 spiro atoms. The summed E-state index contributed by atoms with van der Waals surface area (Å²) in [6.45, 7) is 0.482. The van der Waals surface area contributed by atoms with Crippen LogP contribution in [0.2, 0.25) is 10.0 Å². The number of pyridine rings is 1. The van der Waals surface area contributed by atoms with Crippen LogP contribution in [0.15, 0.2) is 42.6 Å². The van der Waals surface area contributed by atoms with Crippen LogP contribution < -0.4 is 10.6 Å². The number of carbonyl (C=O) groups is 1. The van der Waals surface area contributed by atoms with Crippen LogP contribution in [0.25, 0.3) is 0 Å². The first-order valence-electron chi connectivity index (χ1n) is 6.05. The van der Waals surface area contributed by atoms with Gasteiger partial charge in [-0.1, -0.05) is 41.4 Å². The number of halogens is 2. The monoisotopic (exact) mass is 309 g/mol. The van der Waals surface area contributed by atoms with Gasteiger partial charge in [-0.3, -0.25) is 5.32 Å². The molecule has 1 aromatic carbocycles. The molecule has 0 unspecified atom stereocenters. The van der Waals surface area contributed by atoms with E-state index in [1.54, 1.807) is 12.1 Å². The molecule has 0 saturated carbocycles. The Bertz CT molecular complexity index is 604. The summed E-state index contributed by atoms with van der Waals surface area (Å²) in [6, 6.07) is 10.4. The molecule has 0 saturated heterocycles. The van der Waals surface area contributed by atoms with Crippen molar-refractivity contribution in [2.45, 2.75) is 6.42 Å². The van der Waals surface area contributed by atoms with E-state index in [-0.39, 0.29) is 6.03 Å². The molecule has 0 bridgehead atoms. The molecule has 0 radical (unpaired) electrons. The number of benzene rings is 1. The number of carbonyl (C=O) groups excluding carboxylic acids is 1. The summed E-state index contributed by atoms with van der Waals surface area (Å²) < 4.78 is 0. The molecule has 2 rings (SSSR count). The van der Waals surface area contributed by atoms with E-state index in [9.17, 15) is 4.79 Å². The predicted molar refractivity (Wildman–Crippen MR) is 81.4 cm³/mol. The topological polar surface area (TPSA) is 54.0 Å². The second-order valence-electron chi connectivity index (χ2n) is 4.08. The second-order valence-corrected chi connectivity index (χ2v) is 4.93. The Hall–Kier alpha value is -1.78. The minimum atomic E-state index is -0.327. The highest BCUT2D eigenvalue weighted by Crippen LogP contribution is 2.15. The van der Waals surface area contributed by atoms with Crippen LogP contribution >= 0.6 is 23.2 Å². The number of urea groups is 1. The maximum atomic E-state index is 11.7. The van der Waals surface area contributed by atoms with Gasteiger partial charge in [0.05, 0.1) is 0 Å². The third kappa shape index (κ3) is 4.40. The lowest BCUT2D eigenvalue weighted by Crippen LogP contribution is -2.30. The van der Waals surface area contributed by atoms with Crippen LogP contribution in [-0.4, -0.2) is 17.6 Å². The molecule has 2 N–H and O–H groups in total. The van der Waals surface area contributed by atoms with Crippen molar-refractivity contribution in [2.75, 3.05) is 11.9 Å². The zero-order chi connectivity index (χ0) is 14.4. The average Bonchev–Trinajstić information content (AvgIpc) is 2.41. The lowest BCUT2D eigenvalue weighted by molar-refractivity contribution is 0.252. The molecule has 0 aliphatic rings. The van der Waals surface area contributed by atoms with Crippen LogP contribution in [0.1, 0.15) is 5.56 Å². The van der Waals surface area contributed by atoms with Crippen molar-refractivity contribution >= 4 is 35.1 Å². The van der Waals surface area contributed by atoms with Crippen LogP contribution in [-0.2, 0) is 6.42 Å². The highest BCUT2D eigenvalue weighted by Gasteiger charge is 2.04. The number of nitrogens with one attached hydrogen (secondary N) is 2. The standard InChI is InChI=1S/C14H13Cl2N3O/c15-11-6-8-17-13(9-11)19-14(20)18-7-5-10-3-1-2-4-12(10)16/h1-4,6,8-9H,5,7H2,(H2,17,18,19,20). The fourth-order valence-corrected chi connectivity index (χ4v) is 2.04. The van der Waals surface area contributed by atoms with Crippen LogP contribution in [0.3, 0.4) is 0 Å². The third-order valence-electron chi connectivity index (χ3n) is 2.60. The number of aromatic nitrogens is 1. The zero-order valence-corrected chi connectivity index (χ0v) is 12.1. The van der Waals surface area contributed by atoms with Crippen molar-refractivity contribution < 1.29 is 4.79 Å². The molecule has 1 heterocycles. The smallest absolute Gasteiger partial charge is 0.320 e. The van der Waals surface area contributed by atoms with Crippen LogP contribution in [0.5, 0.6) is 0 Å². The van der Waals surface area contributed by atoms with E-state index in [0.29, 0.717) is 28.8 Å². The highest BCUT2D eigenvalue weighted by molar-refractivity contribution is 6.31. The Morgan fingerprint density at radius 2 is 2.00 bits per heavy atom. The average molecular weight is 310 g/mol. The first kappa shape index (κ1) is 14.6. The molecule has 2 aromatic rings. The molecule has 104 valence electrons. The molecule has 2 amide bonds. The van der Waals surface area contributed by atoms with E-state index in [1.807, 2.05) is 24.3 Å². The van der Waals surface area contributed by atoms with Gasteiger partial charge < -0.3 is 5.32 Å². The molecule has 0 aliphatic carbocycles. The van der Waals surface area contributed by atoms with E-state index < -0.39 is 0 Å². The van der Waals surface area contributed by atoms with E-state index in [4.69, 9.17) is 23.2 Å². The molecule has 1 aromatic heterocycles. The molecular formula is C14H13Cl2N3O. The Labute approximate surface area is 127 Å². The van der Waals surface area contributed by atoms with Gasteiger partial charge in [0.15, 0.2) is 0 Å². The predicted octanol–water partition coefficient (Wildman–Crippen LogP) is 3.75. The maximum Gasteiger partial charge on any atom is 0.320 e. The van der Waals surface area contributed by atoms with Crippen LogP contribution in [0.4, 0.5) is 10.6 Å². The summed E-state index contributed by atoms with van der Waals surface area (Å²) in [5, 5.41) is 6.56. The van der Waals surface area contributed by atoms with Gasteiger partial charge >= 0.3 is 6.03 Å². The van der Waals surface area contributed by atoms with Gasteiger partial charge in [0.25, 0.3) is 0 Å². The van der Waals surface area contributed by atoms with Gasteiger partial charge in [0, 0.05) is 22.8 Å². The van der Waals surface area contributed by atoms with Gasteiger partial charge in [0.1, 0.15) is 5.82 Å². The normalized spacial score (nSPS) is 10.1. The van der Waals surface area contributed by atoms with Gasteiger partial charge in [-0.2, -0.15) is 0 Å². The van der Waals surface area contributed by atoms with E-state index in [1.165, 1.54) is 6.20 Å². The van der Waals surface area contributed by atoms with Crippen molar-refractivity contribution in [1.82, 2.24) is 10.3 Å². The molecule has 0 fully saturated rings. The summed E-state index contributed by atoms with van der Waals surface area (Å²) in [7, 11) is 0. The number of anilines is 1. The number of hydrogen-bond acceptors (Lipinski definition) is 2. The summed E-state index contributed by atoms with van der Waals surface area (Å²) in [4.78, 5) is 15.6. The van der Waals surface area contributed by atoms with Gasteiger partial charge in [-0.25, -0.2) is 9.78 Å². The van der Waals surface area contributed by atoms with Crippen molar-refractivity contribution in [3.05, 3.63) is 58.2 Å². The molecule has 20 heavy (non-hydrogen) atoms. The van der Waals surface area contributed by atoms with Crippen molar-refractivity contribution in [3.8, 4) is 0 Å². The first-order valence-corrected chi connectivity index (χ1v) is 6.80. The summed E-state index contributed by atoms with van der Waals surface area (Å²) >= 11 is 11.8. The van der Waals surface area contributed by atoms with Gasteiger partial charge in [0.2, 0.25) is 0 Å². The van der Waals surface area contributed by atoms with Crippen molar-refractivity contribution in [1.29, 1.82) is 0 Å². The van der Waals surface area contributed by atoms with E-state index in [2.05, 4.69) is 15.6 Å². The Kier molecular flexibility index (Phi) is 5.21. The van der Waals surface area contributed by atoms with Crippen molar-refractivity contribution in [2.24, 2.45) is 0 Å². The Morgan fingerprint density at radius 1 is 1.20 bits per heavy atom. The Morgan fingerprint density at radius 3 is 2.75 bits per heavy atom. The Balaban J connectivity index is 1.80. The van der Waals surface area contributed by atoms with E-state index >= 15 is 0 Å². The van der Waals surface area contributed by atoms with Crippen LogP contribution in [0, 0.1) is 0 Å². The summed E-state index contributed by atoms with van der Waals surface area (Å²) in [6.07, 6.45) is 2.19. The molecule has 6 heteroatoms. The molecular weight excluding hydrogens is 297 g/mol. The highest BCUT2D eigenvalue weighted by atomic mass is 35.5. The molecule has 0 atom stereocenters. The number of amides is 2. The lowest BCUT2D eigenvalue weighted by Gasteiger charge is -2.08. The minimum Gasteiger partial charge on any atom is -0.337 e.